The Hall–Kier alpha value is -1.41. The van der Waals surface area contributed by atoms with Gasteiger partial charge in [-0.1, -0.05) is 54.3 Å². The average molecular weight is 451 g/mol. The van der Waals surface area contributed by atoms with Crippen LogP contribution in [0.15, 0.2) is 65.7 Å². The molecule has 3 rings (SSSR count). The van der Waals surface area contributed by atoms with E-state index in [-0.39, 0.29) is 3.79 Å². The molecule has 1 saturated carbocycles. The molecule has 0 saturated heterocycles. The van der Waals surface area contributed by atoms with Gasteiger partial charge in [0.05, 0.1) is 11.4 Å². The van der Waals surface area contributed by atoms with Crippen molar-refractivity contribution in [3.05, 3.63) is 60.5 Å². The third-order valence-corrected chi connectivity index (χ3v) is 5.70. The van der Waals surface area contributed by atoms with E-state index in [1.54, 1.807) is 28.9 Å². The molecule has 0 aromatic carbocycles. The first kappa shape index (κ1) is 17.4. The molecule has 1 heterocycles. The van der Waals surface area contributed by atoms with Crippen molar-refractivity contribution in [2.24, 2.45) is 5.92 Å². The minimum atomic E-state index is 0.0968. The van der Waals surface area contributed by atoms with Crippen molar-refractivity contribution >= 4 is 43.8 Å². The van der Waals surface area contributed by atoms with E-state index in [9.17, 15) is 4.79 Å². The molecule has 0 N–H and O–H groups in total. The molecule has 0 bridgehead atoms. The molecule has 0 aliphatic heterocycles. The summed E-state index contributed by atoms with van der Waals surface area (Å²) in [4.78, 5) is 11.3. The molecule has 1 aromatic rings. The fourth-order valence-corrected chi connectivity index (χ4v) is 3.53. The average Bonchev–Trinajstić information content (AvgIpc) is 3.34. The van der Waals surface area contributed by atoms with E-state index in [0.29, 0.717) is 11.7 Å². The SMILES string of the molecule is C=C(/C=C\C(=C1\C=CC=CC1)n1cnnc1SCC(=O)I)C1CC1. The third kappa shape index (κ3) is 4.57. The number of nitrogens with zero attached hydrogens (tertiary/aromatic N) is 3. The summed E-state index contributed by atoms with van der Waals surface area (Å²) in [6.07, 6.45) is 17.6. The summed E-state index contributed by atoms with van der Waals surface area (Å²) in [6, 6.07) is 0. The Labute approximate surface area is 159 Å². The molecule has 2 aliphatic rings. The summed E-state index contributed by atoms with van der Waals surface area (Å²) in [5.74, 6) is 1.02. The summed E-state index contributed by atoms with van der Waals surface area (Å²) in [7, 11) is 0. The number of rotatable bonds is 7. The van der Waals surface area contributed by atoms with Gasteiger partial charge < -0.3 is 0 Å². The summed E-state index contributed by atoms with van der Waals surface area (Å²) in [5.41, 5.74) is 3.40. The highest BCUT2D eigenvalue weighted by molar-refractivity contribution is 14.1. The predicted octanol–water partition coefficient (Wildman–Crippen LogP) is 4.58. The highest BCUT2D eigenvalue weighted by Gasteiger charge is 2.23. The number of carbonyl (C=O) groups is 1. The van der Waals surface area contributed by atoms with Gasteiger partial charge >= 0.3 is 0 Å². The highest BCUT2D eigenvalue weighted by atomic mass is 127. The fourth-order valence-electron chi connectivity index (χ4n) is 2.43. The topological polar surface area (TPSA) is 47.8 Å². The van der Waals surface area contributed by atoms with Gasteiger partial charge in [0.25, 0.3) is 0 Å². The maximum atomic E-state index is 11.3. The molecule has 0 atom stereocenters. The smallest absolute Gasteiger partial charge is 0.202 e. The molecule has 124 valence electrons. The molecule has 6 heteroatoms. The molecule has 2 aliphatic carbocycles. The number of hydrogen-bond donors (Lipinski definition) is 0. The molecular weight excluding hydrogens is 433 g/mol. The maximum absolute atomic E-state index is 11.3. The molecule has 4 nitrogen and oxygen atoms in total. The van der Waals surface area contributed by atoms with E-state index < -0.39 is 0 Å². The van der Waals surface area contributed by atoms with Crippen LogP contribution in [0.4, 0.5) is 0 Å². The van der Waals surface area contributed by atoms with Crippen LogP contribution in [0.2, 0.25) is 0 Å². The molecule has 0 amide bonds. The zero-order chi connectivity index (χ0) is 16.9. The Morgan fingerprint density at radius 3 is 2.92 bits per heavy atom. The van der Waals surface area contributed by atoms with Crippen LogP contribution in [-0.2, 0) is 4.79 Å². The Kier molecular flexibility index (Phi) is 5.89. The van der Waals surface area contributed by atoms with Crippen LogP contribution in [0.1, 0.15) is 19.3 Å². The van der Waals surface area contributed by atoms with Crippen LogP contribution >= 0.6 is 34.4 Å². The van der Waals surface area contributed by atoms with Crippen molar-refractivity contribution in [3.63, 3.8) is 0 Å². The van der Waals surface area contributed by atoms with Crippen LogP contribution in [0, 0.1) is 5.92 Å². The van der Waals surface area contributed by atoms with Crippen LogP contribution in [0.25, 0.3) is 5.70 Å². The molecule has 0 radical (unpaired) electrons. The first-order chi connectivity index (χ1) is 11.6. The van der Waals surface area contributed by atoms with Crippen LogP contribution in [0.5, 0.6) is 0 Å². The van der Waals surface area contributed by atoms with Crippen molar-refractivity contribution in [3.8, 4) is 0 Å². The van der Waals surface area contributed by atoms with Crippen molar-refractivity contribution in [1.29, 1.82) is 0 Å². The minimum absolute atomic E-state index is 0.0968. The molecular formula is C18H18IN3OS. The Morgan fingerprint density at radius 1 is 1.42 bits per heavy atom. The van der Waals surface area contributed by atoms with Gasteiger partial charge in [-0.3, -0.25) is 9.36 Å². The van der Waals surface area contributed by atoms with E-state index in [0.717, 1.165) is 17.3 Å². The van der Waals surface area contributed by atoms with Gasteiger partial charge in [-0.15, -0.1) is 10.2 Å². The first-order valence-corrected chi connectivity index (χ1v) is 9.86. The lowest BCUT2D eigenvalue weighted by molar-refractivity contribution is -0.107. The molecule has 0 unspecified atom stereocenters. The Bertz CT molecular complexity index is 769. The number of thioether (sulfide) groups is 1. The predicted molar refractivity (Wildman–Crippen MR) is 107 cm³/mol. The van der Waals surface area contributed by atoms with Crippen LogP contribution < -0.4 is 0 Å². The first-order valence-electron chi connectivity index (χ1n) is 7.80. The summed E-state index contributed by atoms with van der Waals surface area (Å²) in [5, 5.41) is 8.93. The maximum Gasteiger partial charge on any atom is 0.202 e. The lowest BCUT2D eigenvalue weighted by Crippen LogP contribution is -2.02. The van der Waals surface area contributed by atoms with Crippen LogP contribution in [0.3, 0.4) is 0 Å². The van der Waals surface area contributed by atoms with E-state index in [2.05, 4.69) is 41.1 Å². The number of halogens is 1. The zero-order valence-corrected chi connectivity index (χ0v) is 16.2. The normalized spacial score (nSPS) is 19.0. The Balaban J connectivity index is 1.91. The molecule has 0 spiro atoms. The van der Waals surface area contributed by atoms with Crippen molar-refractivity contribution in [2.45, 2.75) is 24.4 Å². The minimum Gasteiger partial charge on any atom is -0.287 e. The monoisotopic (exact) mass is 451 g/mol. The highest BCUT2D eigenvalue weighted by Crippen LogP contribution is 2.36. The van der Waals surface area contributed by atoms with Gasteiger partial charge in [-0.2, -0.15) is 0 Å². The van der Waals surface area contributed by atoms with E-state index in [1.165, 1.54) is 35.7 Å². The molecule has 24 heavy (non-hydrogen) atoms. The van der Waals surface area contributed by atoms with Crippen molar-refractivity contribution < 1.29 is 4.79 Å². The van der Waals surface area contributed by atoms with E-state index in [1.807, 2.05) is 16.7 Å². The van der Waals surface area contributed by atoms with E-state index in [4.69, 9.17) is 0 Å². The number of aromatic nitrogens is 3. The second kappa shape index (κ2) is 8.11. The number of hydrogen-bond acceptors (Lipinski definition) is 4. The summed E-state index contributed by atoms with van der Waals surface area (Å²) < 4.78 is 2.05. The van der Waals surface area contributed by atoms with Crippen LogP contribution in [-0.4, -0.2) is 24.3 Å². The second-order valence-electron chi connectivity index (χ2n) is 5.71. The number of carbonyl (C=O) groups excluding carboxylic acids is 1. The molecule has 1 fully saturated rings. The van der Waals surface area contributed by atoms with Crippen molar-refractivity contribution in [2.75, 3.05) is 5.75 Å². The zero-order valence-electron chi connectivity index (χ0n) is 13.2. The van der Waals surface area contributed by atoms with Gasteiger partial charge in [0.15, 0.2) is 5.16 Å². The largest absolute Gasteiger partial charge is 0.287 e. The van der Waals surface area contributed by atoms with Gasteiger partial charge in [-0.05, 0) is 36.8 Å². The van der Waals surface area contributed by atoms with Crippen molar-refractivity contribution in [1.82, 2.24) is 14.8 Å². The molecule has 1 aromatic heterocycles. The lowest BCUT2D eigenvalue weighted by atomic mass is 10.0. The number of allylic oxidation sites excluding steroid dienone is 9. The lowest BCUT2D eigenvalue weighted by Gasteiger charge is -2.13. The summed E-state index contributed by atoms with van der Waals surface area (Å²) in [6.45, 7) is 4.16. The van der Waals surface area contributed by atoms with Gasteiger partial charge in [0.1, 0.15) is 6.33 Å². The third-order valence-electron chi connectivity index (χ3n) is 3.86. The second-order valence-corrected chi connectivity index (χ2v) is 7.86. The van der Waals surface area contributed by atoms with Gasteiger partial charge in [0.2, 0.25) is 3.79 Å². The van der Waals surface area contributed by atoms with Gasteiger partial charge in [0, 0.05) is 22.6 Å². The van der Waals surface area contributed by atoms with E-state index >= 15 is 0 Å². The van der Waals surface area contributed by atoms with Gasteiger partial charge in [-0.25, -0.2) is 0 Å². The summed E-state index contributed by atoms with van der Waals surface area (Å²) >= 11 is 3.21. The quantitative estimate of drug-likeness (QED) is 0.264. The standard InChI is InChI=1S/C18H18IN3OS/c1-13(14-8-9-14)7-10-16(15-5-3-2-4-6-15)22-12-20-21-18(22)24-11-17(19)23/h2-5,7,10,12,14H,1,6,8-9,11H2/b10-7-,16-15+. The Morgan fingerprint density at radius 2 is 2.25 bits per heavy atom. The fraction of sp³-hybridized carbons (Fsp3) is 0.278.